The third kappa shape index (κ3) is 8.11. The van der Waals surface area contributed by atoms with Gasteiger partial charge < -0.3 is 20.9 Å². The molecule has 5 nitrogen and oxygen atoms in total. The third-order valence-corrected chi connectivity index (χ3v) is 2.91. The molecule has 23 heavy (non-hydrogen) atoms. The van der Waals surface area contributed by atoms with E-state index in [9.17, 15) is 18.7 Å². The van der Waals surface area contributed by atoms with Gasteiger partial charge in [-0.1, -0.05) is 13.8 Å². The van der Waals surface area contributed by atoms with Gasteiger partial charge in [0.2, 0.25) is 5.91 Å². The Hall–Kier alpha value is -1.44. The zero-order chi connectivity index (χ0) is 16.7. The number of rotatable bonds is 8. The molecule has 1 aromatic carbocycles. The molecular formula is C15H23ClF2N2O3. The van der Waals surface area contributed by atoms with E-state index in [4.69, 9.17) is 10.5 Å². The molecule has 0 aliphatic heterocycles. The number of aliphatic hydroxyl groups is 1. The quantitative estimate of drug-likeness (QED) is 0.663. The molecule has 0 fully saturated rings. The van der Waals surface area contributed by atoms with E-state index in [2.05, 4.69) is 5.32 Å². The minimum absolute atomic E-state index is 0. The summed E-state index contributed by atoms with van der Waals surface area (Å²) in [5.74, 6) is -1.96. The highest BCUT2D eigenvalue weighted by Gasteiger charge is 2.16. The Labute approximate surface area is 140 Å². The van der Waals surface area contributed by atoms with Crippen LogP contribution in [0.15, 0.2) is 18.2 Å². The van der Waals surface area contributed by atoms with Crippen molar-refractivity contribution >= 4 is 18.3 Å². The summed E-state index contributed by atoms with van der Waals surface area (Å²) in [6.07, 6.45) is -0.434. The Kier molecular flexibility index (Phi) is 9.71. The third-order valence-electron chi connectivity index (χ3n) is 2.91. The lowest BCUT2D eigenvalue weighted by atomic mass is 10.0. The Morgan fingerprint density at radius 3 is 2.57 bits per heavy atom. The molecule has 0 radical (unpaired) electrons. The van der Waals surface area contributed by atoms with Crippen LogP contribution in [0.2, 0.25) is 0 Å². The molecule has 0 aliphatic rings. The molecule has 0 saturated heterocycles. The van der Waals surface area contributed by atoms with Crippen molar-refractivity contribution in [2.24, 2.45) is 11.7 Å². The lowest BCUT2D eigenvalue weighted by molar-refractivity contribution is -0.123. The number of benzene rings is 1. The van der Waals surface area contributed by atoms with Crippen LogP contribution in [-0.4, -0.2) is 36.3 Å². The molecular weight excluding hydrogens is 330 g/mol. The predicted molar refractivity (Wildman–Crippen MR) is 85.5 cm³/mol. The van der Waals surface area contributed by atoms with Crippen LogP contribution < -0.4 is 15.8 Å². The van der Waals surface area contributed by atoms with Crippen LogP contribution in [0.3, 0.4) is 0 Å². The number of aliphatic hydroxyl groups excluding tert-OH is 1. The average molecular weight is 353 g/mol. The molecule has 1 unspecified atom stereocenters. The zero-order valence-electron chi connectivity index (χ0n) is 13.1. The molecule has 1 aromatic rings. The van der Waals surface area contributed by atoms with Crippen molar-refractivity contribution in [1.29, 1.82) is 0 Å². The summed E-state index contributed by atoms with van der Waals surface area (Å²) in [7, 11) is 0. The molecule has 132 valence electrons. The SMILES string of the molecule is CC(C)C[C@H](N)C(=O)NCC(O)COc1ccc(F)c(F)c1.Cl. The fourth-order valence-corrected chi connectivity index (χ4v) is 1.78. The van der Waals surface area contributed by atoms with Crippen LogP contribution in [0.25, 0.3) is 0 Å². The van der Waals surface area contributed by atoms with Gasteiger partial charge in [-0.3, -0.25) is 4.79 Å². The largest absolute Gasteiger partial charge is 0.491 e. The minimum Gasteiger partial charge on any atom is -0.491 e. The summed E-state index contributed by atoms with van der Waals surface area (Å²) in [5, 5.41) is 12.2. The first-order chi connectivity index (χ1) is 10.3. The maximum absolute atomic E-state index is 13.0. The van der Waals surface area contributed by atoms with Crippen molar-refractivity contribution < 1.29 is 23.4 Å². The predicted octanol–water partition coefficient (Wildman–Crippen LogP) is 1.62. The highest BCUT2D eigenvalue weighted by molar-refractivity contribution is 5.85. The van der Waals surface area contributed by atoms with Gasteiger partial charge >= 0.3 is 0 Å². The minimum atomic E-state index is -1.03. The molecule has 0 aromatic heterocycles. The first-order valence-corrected chi connectivity index (χ1v) is 7.08. The van der Waals surface area contributed by atoms with Gasteiger partial charge in [0.05, 0.1) is 6.04 Å². The van der Waals surface area contributed by atoms with Crippen molar-refractivity contribution in [3.8, 4) is 5.75 Å². The van der Waals surface area contributed by atoms with Gasteiger partial charge in [-0.15, -0.1) is 12.4 Å². The van der Waals surface area contributed by atoms with Crippen molar-refractivity contribution in [1.82, 2.24) is 5.32 Å². The number of amides is 1. The standard InChI is InChI=1S/C15H22F2N2O3.ClH/c1-9(2)5-14(18)15(21)19-7-10(20)8-22-11-3-4-12(16)13(17)6-11;/h3-4,6,9-10,14,20H,5,7-8,18H2,1-2H3,(H,19,21);1H/t10?,14-;/m0./s1. The van der Waals surface area contributed by atoms with Gasteiger partial charge in [0.15, 0.2) is 11.6 Å². The lowest BCUT2D eigenvalue weighted by Crippen LogP contribution is -2.45. The Morgan fingerprint density at radius 1 is 1.35 bits per heavy atom. The number of nitrogens with two attached hydrogens (primary N) is 1. The lowest BCUT2D eigenvalue weighted by Gasteiger charge is -2.17. The molecule has 2 atom stereocenters. The summed E-state index contributed by atoms with van der Waals surface area (Å²) in [6.45, 7) is 3.72. The smallest absolute Gasteiger partial charge is 0.237 e. The van der Waals surface area contributed by atoms with Gasteiger partial charge in [-0.25, -0.2) is 8.78 Å². The first kappa shape index (κ1) is 21.6. The number of halogens is 3. The molecule has 0 heterocycles. The van der Waals surface area contributed by atoms with E-state index < -0.39 is 23.8 Å². The van der Waals surface area contributed by atoms with E-state index >= 15 is 0 Å². The fraction of sp³-hybridized carbons (Fsp3) is 0.533. The first-order valence-electron chi connectivity index (χ1n) is 7.08. The molecule has 4 N–H and O–H groups in total. The van der Waals surface area contributed by atoms with Gasteiger partial charge in [-0.2, -0.15) is 0 Å². The second-order valence-corrected chi connectivity index (χ2v) is 5.52. The van der Waals surface area contributed by atoms with Crippen LogP contribution in [0.5, 0.6) is 5.75 Å². The summed E-state index contributed by atoms with van der Waals surface area (Å²) in [4.78, 5) is 11.7. The van der Waals surface area contributed by atoms with E-state index in [1.807, 2.05) is 13.8 Å². The molecule has 1 amide bonds. The van der Waals surface area contributed by atoms with E-state index in [0.717, 1.165) is 12.1 Å². The monoisotopic (exact) mass is 352 g/mol. The fourth-order valence-electron chi connectivity index (χ4n) is 1.78. The molecule has 1 rings (SSSR count). The van der Waals surface area contributed by atoms with Gasteiger partial charge in [0.25, 0.3) is 0 Å². The van der Waals surface area contributed by atoms with E-state index in [1.165, 1.54) is 6.07 Å². The summed E-state index contributed by atoms with van der Waals surface area (Å²) >= 11 is 0. The highest BCUT2D eigenvalue weighted by Crippen LogP contribution is 2.15. The van der Waals surface area contributed by atoms with Crippen LogP contribution in [-0.2, 0) is 4.79 Å². The summed E-state index contributed by atoms with van der Waals surface area (Å²) in [6, 6.07) is 2.45. The topological polar surface area (TPSA) is 84.6 Å². The van der Waals surface area contributed by atoms with Gasteiger partial charge in [-0.05, 0) is 24.5 Å². The summed E-state index contributed by atoms with van der Waals surface area (Å²) in [5.41, 5.74) is 5.70. The van der Waals surface area contributed by atoms with Crippen LogP contribution in [0.1, 0.15) is 20.3 Å². The molecule has 8 heteroatoms. The summed E-state index contributed by atoms with van der Waals surface area (Å²) < 4.78 is 30.8. The van der Waals surface area contributed by atoms with Gasteiger partial charge in [0, 0.05) is 12.6 Å². The van der Waals surface area contributed by atoms with Crippen molar-refractivity contribution in [3.05, 3.63) is 29.8 Å². The maximum Gasteiger partial charge on any atom is 0.237 e. The van der Waals surface area contributed by atoms with Crippen molar-refractivity contribution in [2.75, 3.05) is 13.2 Å². The Balaban J connectivity index is 0.00000484. The second-order valence-electron chi connectivity index (χ2n) is 5.52. The maximum atomic E-state index is 13.0. The molecule has 0 spiro atoms. The van der Waals surface area contributed by atoms with E-state index in [0.29, 0.717) is 12.3 Å². The number of carbonyl (C=O) groups is 1. The number of carbonyl (C=O) groups excluding carboxylic acids is 1. The van der Waals surface area contributed by atoms with Crippen LogP contribution in [0.4, 0.5) is 8.78 Å². The number of ether oxygens (including phenoxy) is 1. The molecule has 0 bridgehead atoms. The normalized spacial score (nSPS) is 13.2. The van der Waals surface area contributed by atoms with E-state index in [1.54, 1.807) is 0 Å². The average Bonchev–Trinajstić information content (AvgIpc) is 2.45. The van der Waals surface area contributed by atoms with Crippen LogP contribution >= 0.6 is 12.4 Å². The van der Waals surface area contributed by atoms with Crippen molar-refractivity contribution in [3.63, 3.8) is 0 Å². The van der Waals surface area contributed by atoms with Crippen molar-refractivity contribution in [2.45, 2.75) is 32.4 Å². The van der Waals surface area contributed by atoms with Crippen LogP contribution in [0, 0.1) is 17.6 Å². The molecule has 0 saturated carbocycles. The number of hydrogen-bond acceptors (Lipinski definition) is 4. The Morgan fingerprint density at radius 2 is 2.00 bits per heavy atom. The zero-order valence-corrected chi connectivity index (χ0v) is 13.9. The number of nitrogens with one attached hydrogen (secondary N) is 1. The Bertz CT molecular complexity index is 504. The van der Waals surface area contributed by atoms with E-state index in [-0.39, 0.29) is 37.2 Å². The van der Waals surface area contributed by atoms with Gasteiger partial charge in [0.1, 0.15) is 18.5 Å². The number of hydrogen-bond donors (Lipinski definition) is 3. The second kappa shape index (κ2) is 10.4. The highest BCUT2D eigenvalue weighted by atomic mass is 35.5. The molecule has 0 aliphatic carbocycles.